The first-order chi connectivity index (χ1) is 10.3. The highest BCUT2D eigenvalue weighted by molar-refractivity contribution is 5.91. The third-order valence-corrected chi connectivity index (χ3v) is 3.33. The van der Waals surface area contributed by atoms with Crippen LogP contribution in [0.2, 0.25) is 0 Å². The number of hydrogen-bond acceptors (Lipinski definition) is 3. The van der Waals surface area contributed by atoms with E-state index in [0.29, 0.717) is 13.0 Å². The van der Waals surface area contributed by atoms with Crippen molar-refractivity contribution in [2.75, 3.05) is 0 Å². The Morgan fingerprint density at radius 2 is 2.00 bits per heavy atom. The van der Waals surface area contributed by atoms with E-state index in [1.165, 1.54) is 4.68 Å². The lowest BCUT2D eigenvalue weighted by atomic mass is 10.2. The van der Waals surface area contributed by atoms with Gasteiger partial charge >= 0.3 is 0 Å². The van der Waals surface area contributed by atoms with Gasteiger partial charge in [-0.15, -0.1) is 0 Å². The fourth-order valence-electron chi connectivity index (χ4n) is 2.19. The molecular weight excluding hydrogens is 264 g/mol. The fourth-order valence-corrected chi connectivity index (χ4v) is 2.19. The van der Waals surface area contributed by atoms with Gasteiger partial charge in [-0.25, -0.2) is 4.68 Å². The summed E-state index contributed by atoms with van der Waals surface area (Å²) >= 11 is 0. The summed E-state index contributed by atoms with van der Waals surface area (Å²) < 4.78 is 7.22. The quantitative estimate of drug-likeness (QED) is 0.732. The number of nitrogens with zero attached hydrogens (tertiary/aromatic N) is 2. The second-order valence-electron chi connectivity index (χ2n) is 4.80. The summed E-state index contributed by atoms with van der Waals surface area (Å²) in [7, 11) is 0. The van der Waals surface area contributed by atoms with Crippen LogP contribution in [0.15, 0.2) is 54.7 Å². The zero-order chi connectivity index (χ0) is 14.7. The highest BCUT2D eigenvalue weighted by Crippen LogP contribution is 2.21. The second kappa shape index (κ2) is 5.79. The van der Waals surface area contributed by atoms with Gasteiger partial charge in [0.25, 0.3) is 0 Å². The zero-order valence-corrected chi connectivity index (χ0v) is 11.8. The van der Waals surface area contributed by atoms with Gasteiger partial charge < -0.3 is 4.74 Å². The lowest BCUT2D eigenvalue weighted by molar-refractivity contribution is 0.0899. The Bertz CT molecular complexity index is 763. The number of aromatic nitrogens is 2. The smallest absolute Gasteiger partial charge is 0.247 e. The number of carbonyl (C=O) groups excluding carboxylic acids is 1. The minimum atomic E-state index is -0.0112. The van der Waals surface area contributed by atoms with E-state index in [-0.39, 0.29) is 5.91 Å². The Morgan fingerprint density at radius 1 is 1.19 bits per heavy atom. The highest BCUT2D eigenvalue weighted by atomic mass is 16.5. The highest BCUT2D eigenvalue weighted by Gasteiger charge is 2.09. The summed E-state index contributed by atoms with van der Waals surface area (Å²) in [5.41, 5.74) is 1.93. The molecule has 0 unspecified atom stereocenters. The molecule has 106 valence electrons. The number of carbonyl (C=O) groups is 1. The normalized spacial score (nSPS) is 10.7. The summed E-state index contributed by atoms with van der Waals surface area (Å²) in [6.45, 7) is 2.35. The standard InChI is InChI=1S/C17H16N2O2/c1-2-17(20)19-16-9-8-15(10-14(16)11-18-19)21-12-13-6-4-3-5-7-13/h3-11H,2,12H2,1H3. The van der Waals surface area contributed by atoms with Crippen LogP contribution in [0, 0.1) is 0 Å². The van der Waals surface area contributed by atoms with Gasteiger partial charge in [0.1, 0.15) is 12.4 Å². The van der Waals surface area contributed by atoms with Crippen molar-refractivity contribution in [2.24, 2.45) is 0 Å². The monoisotopic (exact) mass is 280 g/mol. The maximum absolute atomic E-state index is 11.8. The van der Waals surface area contributed by atoms with Gasteiger partial charge in [-0.05, 0) is 23.8 Å². The lowest BCUT2D eigenvalue weighted by Gasteiger charge is -2.06. The van der Waals surface area contributed by atoms with Crippen LogP contribution in [0.5, 0.6) is 5.75 Å². The average Bonchev–Trinajstić information content (AvgIpc) is 2.96. The van der Waals surface area contributed by atoms with Crippen LogP contribution in [-0.4, -0.2) is 15.7 Å². The molecule has 0 aliphatic carbocycles. The molecule has 0 fully saturated rings. The molecule has 2 aromatic carbocycles. The number of rotatable bonds is 4. The molecule has 0 bridgehead atoms. The Morgan fingerprint density at radius 3 is 2.76 bits per heavy atom. The number of ether oxygens (including phenoxy) is 1. The van der Waals surface area contributed by atoms with Crippen molar-refractivity contribution in [3.63, 3.8) is 0 Å². The Balaban J connectivity index is 1.80. The first kappa shape index (κ1) is 13.4. The summed E-state index contributed by atoms with van der Waals surface area (Å²) in [4.78, 5) is 11.8. The predicted molar refractivity (Wildman–Crippen MR) is 81.4 cm³/mol. The summed E-state index contributed by atoms with van der Waals surface area (Å²) in [5, 5.41) is 5.04. The topological polar surface area (TPSA) is 44.1 Å². The van der Waals surface area contributed by atoms with Crippen LogP contribution in [0.3, 0.4) is 0 Å². The molecule has 0 saturated carbocycles. The number of benzene rings is 2. The van der Waals surface area contributed by atoms with Crippen molar-refractivity contribution in [1.29, 1.82) is 0 Å². The van der Waals surface area contributed by atoms with E-state index in [2.05, 4.69) is 5.10 Å². The van der Waals surface area contributed by atoms with Crippen molar-refractivity contribution < 1.29 is 9.53 Å². The van der Waals surface area contributed by atoms with Crippen molar-refractivity contribution in [2.45, 2.75) is 20.0 Å². The van der Waals surface area contributed by atoms with Gasteiger partial charge in [0.05, 0.1) is 11.7 Å². The minimum Gasteiger partial charge on any atom is -0.489 e. The Labute approximate surface area is 123 Å². The lowest BCUT2D eigenvalue weighted by Crippen LogP contribution is -2.09. The Hall–Kier alpha value is -2.62. The van der Waals surface area contributed by atoms with Gasteiger partial charge in [-0.3, -0.25) is 4.79 Å². The van der Waals surface area contributed by atoms with E-state index in [4.69, 9.17) is 4.74 Å². The molecule has 1 heterocycles. The fraction of sp³-hybridized carbons (Fsp3) is 0.176. The van der Waals surface area contributed by atoms with E-state index < -0.39 is 0 Å². The van der Waals surface area contributed by atoms with Gasteiger partial charge in [-0.2, -0.15) is 5.10 Å². The van der Waals surface area contributed by atoms with Gasteiger partial charge in [0, 0.05) is 11.8 Å². The molecule has 0 radical (unpaired) electrons. The van der Waals surface area contributed by atoms with E-state index >= 15 is 0 Å². The molecule has 0 atom stereocenters. The van der Waals surface area contributed by atoms with E-state index in [1.54, 1.807) is 6.20 Å². The molecule has 0 amide bonds. The largest absolute Gasteiger partial charge is 0.489 e. The molecule has 0 saturated heterocycles. The van der Waals surface area contributed by atoms with Crippen molar-refractivity contribution >= 4 is 16.8 Å². The first-order valence-electron chi connectivity index (χ1n) is 6.95. The molecule has 0 spiro atoms. The molecule has 4 nitrogen and oxygen atoms in total. The minimum absolute atomic E-state index is 0.0112. The molecule has 21 heavy (non-hydrogen) atoms. The zero-order valence-electron chi connectivity index (χ0n) is 11.8. The summed E-state index contributed by atoms with van der Waals surface area (Å²) in [6, 6.07) is 15.7. The third kappa shape index (κ3) is 2.79. The molecule has 4 heteroatoms. The van der Waals surface area contributed by atoms with Gasteiger partial charge in [-0.1, -0.05) is 37.3 Å². The molecule has 3 rings (SSSR count). The van der Waals surface area contributed by atoms with Crippen molar-refractivity contribution in [3.05, 3.63) is 60.3 Å². The van der Waals surface area contributed by atoms with Crippen LogP contribution >= 0.6 is 0 Å². The van der Waals surface area contributed by atoms with Crippen LogP contribution in [0.1, 0.15) is 23.7 Å². The van der Waals surface area contributed by atoms with E-state index in [0.717, 1.165) is 22.2 Å². The van der Waals surface area contributed by atoms with Crippen LogP contribution in [0.25, 0.3) is 10.9 Å². The average molecular weight is 280 g/mol. The third-order valence-electron chi connectivity index (χ3n) is 3.33. The maximum Gasteiger partial charge on any atom is 0.247 e. The van der Waals surface area contributed by atoms with Crippen LogP contribution in [0.4, 0.5) is 0 Å². The molecule has 0 N–H and O–H groups in total. The number of hydrogen-bond donors (Lipinski definition) is 0. The molecule has 0 aliphatic heterocycles. The summed E-state index contributed by atoms with van der Waals surface area (Å²) in [5.74, 6) is 0.762. The second-order valence-corrected chi connectivity index (χ2v) is 4.80. The maximum atomic E-state index is 11.8. The molecule has 3 aromatic rings. The predicted octanol–water partition coefficient (Wildman–Crippen LogP) is 3.67. The van der Waals surface area contributed by atoms with Crippen LogP contribution in [-0.2, 0) is 6.61 Å². The van der Waals surface area contributed by atoms with E-state index in [1.807, 2.05) is 55.5 Å². The van der Waals surface area contributed by atoms with Gasteiger partial charge in [0.15, 0.2) is 0 Å². The first-order valence-corrected chi connectivity index (χ1v) is 6.95. The SMILES string of the molecule is CCC(=O)n1ncc2cc(OCc3ccccc3)ccc21. The molecular formula is C17H16N2O2. The van der Waals surface area contributed by atoms with Gasteiger partial charge in [0.2, 0.25) is 5.91 Å². The number of fused-ring (bicyclic) bond motifs is 1. The Kier molecular flexibility index (Phi) is 3.69. The molecule has 0 aliphatic rings. The molecule has 1 aromatic heterocycles. The van der Waals surface area contributed by atoms with Crippen molar-refractivity contribution in [3.8, 4) is 5.75 Å². The van der Waals surface area contributed by atoms with Crippen molar-refractivity contribution in [1.82, 2.24) is 9.78 Å². The van der Waals surface area contributed by atoms with Crippen LogP contribution < -0.4 is 4.74 Å². The van der Waals surface area contributed by atoms with E-state index in [9.17, 15) is 4.79 Å². The summed E-state index contributed by atoms with van der Waals surface area (Å²) in [6.07, 6.45) is 2.13.